The quantitative estimate of drug-likeness (QED) is 0.768. The molecule has 0 aliphatic carbocycles. The molecular formula is C13H23N3O. The summed E-state index contributed by atoms with van der Waals surface area (Å²) in [7, 11) is 3.65. The lowest BCUT2D eigenvalue weighted by Crippen LogP contribution is -2.12. The molecule has 1 heterocycles. The molecule has 0 aliphatic rings. The zero-order chi connectivity index (χ0) is 12.8. The molecule has 0 fully saturated rings. The zero-order valence-electron chi connectivity index (χ0n) is 11.5. The van der Waals surface area contributed by atoms with E-state index in [2.05, 4.69) is 29.1 Å². The molecule has 0 spiro atoms. The Morgan fingerprint density at radius 1 is 1.24 bits per heavy atom. The highest BCUT2D eigenvalue weighted by Crippen LogP contribution is 2.17. The molecule has 1 aromatic rings. The lowest BCUT2D eigenvalue weighted by molar-refractivity contribution is 0.111. The van der Waals surface area contributed by atoms with E-state index in [1.54, 1.807) is 7.11 Å². The van der Waals surface area contributed by atoms with Crippen LogP contribution in [0.4, 0.5) is 0 Å². The molecule has 0 radical (unpaired) electrons. The molecule has 0 saturated carbocycles. The Kier molecular flexibility index (Phi) is 5.51. The van der Waals surface area contributed by atoms with Crippen LogP contribution in [0, 0.1) is 13.8 Å². The topological polar surface area (TPSA) is 47.0 Å². The SMILES string of the molecule is CNCCCc1c(C)nc(C(C)OC)nc1C. The van der Waals surface area contributed by atoms with Gasteiger partial charge in [0, 0.05) is 18.5 Å². The smallest absolute Gasteiger partial charge is 0.157 e. The molecule has 1 rings (SSSR count). The normalized spacial score (nSPS) is 12.8. The third kappa shape index (κ3) is 3.75. The number of hydrogen-bond donors (Lipinski definition) is 1. The van der Waals surface area contributed by atoms with E-state index in [0.29, 0.717) is 0 Å². The third-order valence-electron chi connectivity index (χ3n) is 3.01. The van der Waals surface area contributed by atoms with Crippen LogP contribution in [0.5, 0.6) is 0 Å². The van der Waals surface area contributed by atoms with Crippen molar-refractivity contribution in [3.63, 3.8) is 0 Å². The van der Waals surface area contributed by atoms with Gasteiger partial charge in [-0.25, -0.2) is 9.97 Å². The first-order valence-electron chi connectivity index (χ1n) is 6.11. The summed E-state index contributed by atoms with van der Waals surface area (Å²) in [4.78, 5) is 9.05. The van der Waals surface area contributed by atoms with Crippen molar-refractivity contribution in [2.24, 2.45) is 0 Å². The van der Waals surface area contributed by atoms with Gasteiger partial charge in [-0.05, 0) is 52.8 Å². The van der Waals surface area contributed by atoms with Gasteiger partial charge in [-0.15, -0.1) is 0 Å². The Morgan fingerprint density at radius 2 is 1.82 bits per heavy atom. The fraction of sp³-hybridized carbons (Fsp3) is 0.692. The van der Waals surface area contributed by atoms with Gasteiger partial charge >= 0.3 is 0 Å². The molecule has 0 amide bonds. The minimum Gasteiger partial charge on any atom is -0.374 e. The Labute approximate surface area is 104 Å². The Bertz CT molecular complexity index is 343. The van der Waals surface area contributed by atoms with Gasteiger partial charge < -0.3 is 10.1 Å². The number of hydrogen-bond acceptors (Lipinski definition) is 4. The summed E-state index contributed by atoms with van der Waals surface area (Å²) >= 11 is 0. The molecule has 1 atom stereocenters. The second-order valence-corrected chi connectivity index (χ2v) is 4.32. The standard InChI is InChI=1S/C13H23N3O/c1-9-12(7-6-8-14-4)10(2)16-13(15-9)11(3)17-5/h11,14H,6-8H2,1-5H3. The van der Waals surface area contributed by atoms with Crippen molar-refractivity contribution in [2.45, 2.75) is 39.7 Å². The maximum Gasteiger partial charge on any atom is 0.157 e. The minimum absolute atomic E-state index is 0.0428. The maximum absolute atomic E-state index is 5.25. The van der Waals surface area contributed by atoms with Crippen LogP contribution in [0.15, 0.2) is 0 Å². The van der Waals surface area contributed by atoms with Crippen LogP contribution >= 0.6 is 0 Å². The van der Waals surface area contributed by atoms with Crippen molar-refractivity contribution in [3.8, 4) is 0 Å². The summed E-state index contributed by atoms with van der Waals surface area (Å²) in [6, 6.07) is 0. The number of nitrogens with one attached hydrogen (secondary N) is 1. The molecular weight excluding hydrogens is 214 g/mol. The van der Waals surface area contributed by atoms with Crippen molar-refractivity contribution >= 4 is 0 Å². The summed E-state index contributed by atoms with van der Waals surface area (Å²) in [5.41, 5.74) is 3.42. The molecule has 0 saturated heterocycles. The third-order valence-corrected chi connectivity index (χ3v) is 3.01. The summed E-state index contributed by atoms with van der Waals surface area (Å²) < 4.78 is 5.25. The summed E-state index contributed by atoms with van der Waals surface area (Å²) in [5, 5.41) is 3.15. The van der Waals surface area contributed by atoms with Gasteiger partial charge in [0.1, 0.15) is 6.10 Å². The van der Waals surface area contributed by atoms with Crippen molar-refractivity contribution in [1.29, 1.82) is 0 Å². The monoisotopic (exact) mass is 237 g/mol. The molecule has 4 nitrogen and oxygen atoms in total. The largest absolute Gasteiger partial charge is 0.374 e. The predicted molar refractivity (Wildman–Crippen MR) is 69.2 cm³/mol. The van der Waals surface area contributed by atoms with E-state index >= 15 is 0 Å². The zero-order valence-corrected chi connectivity index (χ0v) is 11.5. The number of methoxy groups -OCH3 is 1. The summed E-state index contributed by atoms with van der Waals surface area (Å²) in [6.07, 6.45) is 2.10. The Hall–Kier alpha value is -1.00. The Morgan fingerprint density at radius 3 is 2.29 bits per heavy atom. The van der Waals surface area contributed by atoms with Crippen LogP contribution in [0.2, 0.25) is 0 Å². The molecule has 1 unspecified atom stereocenters. The molecule has 17 heavy (non-hydrogen) atoms. The highest BCUT2D eigenvalue weighted by atomic mass is 16.5. The molecule has 4 heteroatoms. The van der Waals surface area contributed by atoms with Crippen LogP contribution < -0.4 is 5.32 Å². The lowest BCUT2D eigenvalue weighted by Gasteiger charge is -2.13. The van der Waals surface area contributed by atoms with E-state index in [9.17, 15) is 0 Å². The Balaban J connectivity index is 2.86. The van der Waals surface area contributed by atoms with Gasteiger partial charge in [0.2, 0.25) is 0 Å². The van der Waals surface area contributed by atoms with Crippen LogP contribution in [-0.4, -0.2) is 30.7 Å². The van der Waals surface area contributed by atoms with Crippen molar-refractivity contribution in [3.05, 3.63) is 22.8 Å². The van der Waals surface area contributed by atoms with Crippen LogP contribution in [0.1, 0.15) is 42.2 Å². The van der Waals surface area contributed by atoms with Gasteiger partial charge in [0.15, 0.2) is 5.82 Å². The number of aryl methyl sites for hydroxylation is 2. The average Bonchev–Trinajstić information content (AvgIpc) is 2.31. The van der Waals surface area contributed by atoms with Crippen LogP contribution in [-0.2, 0) is 11.2 Å². The molecule has 0 aliphatic heterocycles. The molecule has 0 bridgehead atoms. The van der Waals surface area contributed by atoms with E-state index in [1.807, 2.05) is 14.0 Å². The lowest BCUT2D eigenvalue weighted by atomic mass is 10.1. The maximum atomic E-state index is 5.25. The van der Waals surface area contributed by atoms with E-state index < -0.39 is 0 Å². The van der Waals surface area contributed by atoms with Gasteiger partial charge in [-0.3, -0.25) is 0 Å². The first-order valence-corrected chi connectivity index (χ1v) is 6.11. The highest BCUT2D eigenvalue weighted by molar-refractivity contribution is 5.24. The number of rotatable bonds is 6. The molecule has 96 valence electrons. The van der Waals surface area contributed by atoms with Crippen molar-refractivity contribution < 1.29 is 4.74 Å². The predicted octanol–water partition coefficient (Wildman–Crippen LogP) is 1.95. The van der Waals surface area contributed by atoms with Gasteiger partial charge in [-0.2, -0.15) is 0 Å². The van der Waals surface area contributed by atoms with E-state index in [1.165, 1.54) is 5.56 Å². The van der Waals surface area contributed by atoms with Gasteiger partial charge in [0.25, 0.3) is 0 Å². The fourth-order valence-corrected chi connectivity index (χ4v) is 1.86. The van der Waals surface area contributed by atoms with Gasteiger partial charge in [0.05, 0.1) is 0 Å². The number of aromatic nitrogens is 2. The fourth-order valence-electron chi connectivity index (χ4n) is 1.86. The van der Waals surface area contributed by atoms with E-state index in [0.717, 1.165) is 36.6 Å². The van der Waals surface area contributed by atoms with Crippen molar-refractivity contribution in [2.75, 3.05) is 20.7 Å². The van der Waals surface area contributed by atoms with Crippen LogP contribution in [0.3, 0.4) is 0 Å². The summed E-state index contributed by atoms with van der Waals surface area (Å²) in [5.74, 6) is 0.778. The van der Waals surface area contributed by atoms with Crippen LogP contribution in [0.25, 0.3) is 0 Å². The second-order valence-electron chi connectivity index (χ2n) is 4.32. The summed E-state index contributed by atoms with van der Waals surface area (Å²) in [6.45, 7) is 7.09. The van der Waals surface area contributed by atoms with Crippen molar-refractivity contribution in [1.82, 2.24) is 15.3 Å². The minimum atomic E-state index is -0.0428. The number of ether oxygens (including phenoxy) is 1. The molecule has 0 aromatic carbocycles. The molecule has 1 aromatic heterocycles. The first kappa shape index (κ1) is 14.1. The van der Waals surface area contributed by atoms with E-state index in [4.69, 9.17) is 4.74 Å². The number of nitrogens with zero attached hydrogens (tertiary/aromatic N) is 2. The van der Waals surface area contributed by atoms with Gasteiger partial charge in [-0.1, -0.05) is 0 Å². The highest BCUT2D eigenvalue weighted by Gasteiger charge is 2.12. The average molecular weight is 237 g/mol. The first-order chi connectivity index (χ1) is 8.10. The molecule has 1 N–H and O–H groups in total. The van der Waals surface area contributed by atoms with E-state index in [-0.39, 0.29) is 6.10 Å². The second kappa shape index (κ2) is 6.67.